The van der Waals surface area contributed by atoms with Gasteiger partial charge in [0.15, 0.2) is 0 Å². The van der Waals surface area contributed by atoms with Crippen molar-refractivity contribution in [2.24, 2.45) is 5.92 Å². The smallest absolute Gasteiger partial charge is 0.242 e. The van der Waals surface area contributed by atoms with E-state index in [0.717, 1.165) is 25.1 Å². The van der Waals surface area contributed by atoms with Crippen molar-refractivity contribution >= 4 is 11.6 Å². The Morgan fingerprint density at radius 2 is 2.00 bits per heavy atom. The zero-order chi connectivity index (χ0) is 14.7. The molecule has 1 amide bonds. The zero-order valence-corrected chi connectivity index (χ0v) is 13.1. The minimum absolute atomic E-state index is 0.219. The molecule has 1 N–H and O–H groups in total. The maximum Gasteiger partial charge on any atom is 0.242 e. The average molecular weight is 274 g/mol. The Bertz CT molecular complexity index is 464. The molecule has 1 heterocycles. The Balaban J connectivity index is 1.96. The lowest BCUT2D eigenvalue weighted by Gasteiger charge is -2.25. The number of benzene rings is 1. The second-order valence-corrected chi connectivity index (χ2v) is 5.91. The topological polar surface area (TPSA) is 32.3 Å². The van der Waals surface area contributed by atoms with Crippen LogP contribution in [-0.2, 0) is 4.79 Å². The second-order valence-electron chi connectivity index (χ2n) is 5.91. The summed E-state index contributed by atoms with van der Waals surface area (Å²) >= 11 is 0. The number of likely N-dealkylation sites (tertiary alicyclic amines) is 1. The number of para-hydroxylation sites is 1. The third-order valence-corrected chi connectivity index (χ3v) is 4.66. The van der Waals surface area contributed by atoms with Crippen molar-refractivity contribution in [3.05, 3.63) is 29.3 Å². The fourth-order valence-corrected chi connectivity index (χ4v) is 3.26. The number of anilines is 1. The number of nitrogens with zero attached hydrogens (tertiary/aromatic N) is 1. The second kappa shape index (κ2) is 6.29. The van der Waals surface area contributed by atoms with Crippen LogP contribution in [0.5, 0.6) is 0 Å². The first-order chi connectivity index (χ1) is 9.54. The molecule has 1 saturated heterocycles. The first kappa shape index (κ1) is 14.9. The Morgan fingerprint density at radius 1 is 1.35 bits per heavy atom. The molecule has 110 valence electrons. The number of aryl methyl sites for hydroxylation is 2. The molecule has 0 radical (unpaired) electrons. The fourth-order valence-electron chi connectivity index (χ4n) is 3.26. The highest BCUT2D eigenvalue weighted by molar-refractivity contribution is 5.82. The van der Waals surface area contributed by atoms with Crippen molar-refractivity contribution in [1.29, 1.82) is 0 Å². The van der Waals surface area contributed by atoms with E-state index in [1.807, 2.05) is 11.0 Å². The third-order valence-electron chi connectivity index (χ3n) is 4.66. The highest BCUT2D eigenvalue weighted by Crippen LogP contribution is 2.27. The van der Waals surface area contributed by atoms with Gasteiger partial charge in [0.2, 0.25) is 5.91 Å². The quantitative estimate of drug-likeness (QED) is 0.913. The average Bonchev–Trinajstić information content (AvgIpc) is 2.79. The maximum absolute atomic E-state index is 12.4. The number of nitrogens with one attached hydrogen (secondary N) is 1. The van der Waals surface area contributed by atoms with Crippen LogP contribution in [0.3, 0.4) is 0 Å². The van der Waals surface area contributed by atoms with Crippen molar-refractivity contribution in [3.8, 4) is 0 Å². The number of carbonyl (C=O) groups excluding carboxylic acids is 1. The number of carbonyl (C=O) groups is 1. The molecule has 1 aliphatic rings. The number of hydrogen-bond acceptors (Lipinski definition) is 2. The summed E-state index contributed by atoms with van der Waals surface area (Å²) in [5, 5.41) is 3.32. The van der Waals surface area contributed by atoms with Gasteiger partial charge in [-0.2, -0.15) is 0 Å². The van der Waals surface area contributed by atoms with Crippen LogP contribution in [0.2, 0.25) is 0 Å². The molecule has 2 rings (SSSR count). The van der Waals surface area contributed by atoms with Gasteiger partial charge in [0.25, 0.3) is 0 Å². The minimum Gasteiger partial charge on any atom is -0.376 e. The van der Waals surface area contributed by atoms with Crippen LogP contribution in [0, 0.1) is 19.8 Å². The van der Waals surface area contributed by atoms with E-state index in [0.29, 0.717) is 18.5 Å². The van der Waals surface area contributed by atoms with Crippen molar-refractivity contribution in [2.45, 2.75) is 46.6 Å². The molecule has 1 aromatic rings. The molecule has 0 spiro atoms. The van der Waals surface area contributed by atoms with Gasteiger partial charge in [-0.05, 0) is 44.2 Å². The SMILES string of the molecule is CCC1CCN(C(=O)CNc2c(C)cccc2C)C1C. The van der Waals surface area contributed by atoms with E-state index in [1.54, 1.807) is 0 Å². The number of rotatable bonds is 4. The van der Waals surface area contributed by atoms with E-state index in [-0.39, 0.29) is 5.91 Å². The molecule has 3 nitrogen and oxygen atoms in total. The van der Waals surface area contributed by atoms with Crippen LogP contribution in [0.1, 0.15) is 37.8 Å². The van der Waals surface area contributed by atoms with Crippen molar-refractivity contribution in [1.82, 2.24) is 4.90 Å². The summed E-state index contributed by atoms with van der Waals surface area (Å²) in [5.41, 5.74) is 3.48. The van der Waals surface area contributed by atoms with Gasteiger partial charge < -0.3 is 10.2 Å². The molecule has 3 heteroatoms. The largest absolute Gasteiger partial charge is 0.376 e. The standard InChI is InChI=1S/C17H26N2O/c1-5-15-9-10-19(14(15)4)16(20)11-18-17-12(2)7-6-8-13(17)3/h6-8,14-15,18H,5,9-11H2,1-4H3. The van der Waals surface area contributed by atoms with Gasteiger partial charge in [0.1, 0.15) is 0 Å². The van der Waals surface area contributed by atoms with Gasteiger partial charge in [-0.3, -0.25) is 4.79 Å². The van der Waals surface area contributed by atoms with Crippen molar-refractivity contribution in [3.63, 3.8) is 0 Å². The Morgan fingerprint density at radius 3 is 2.55 bits per heavy atom. The van der Waals surface area contributed by atoms with E-state index in [1.165, 1.54) is 11.1 Å². The van der Waals surface area contributed by atoms with Gasteiger partial charge in [-0.15, -0.1) is 0 Å². The normalized spacial score (nSPS) is 22.1. The molecule has 2 atom stereocenters. The molecule has 1 fully saturated rings. The molecule has 0 bridgehead atoms. The predicted molar refractivity (Wildman–Crippen MR) is 84.0 cm³/mol. The molecular formula is C17H26N2O. The molecule has 0 saturated carbocycles. The van der Waals surface area contributed by atoms with E-state index >= 15 is 0 Å². The summed E-state index contributed by atoms with van der Waals surface area (Å²) in [6.45, 7) is 9.85. The van der Waals surface area contributed by atoms with E-state index in [2.05, 4.69) is 45.1 Å². The van der Waals surface area contributed by atoms with E-state index < -0.39 is 0 Å². The minimum atomic E-state index is 0.219. The molecular weight excluding hydrogens is 248 g/mol. The van der Waals surface area contributed by atoms with E-state index in [9.17, 15) is 4.79 Å². The van der Waals surface area contributed by atoms with Crippen LogP contribution in [0.25, 0.3) is 0 Å². The first-order valence-corrected chi connectivity index (χ1v) is 7.64. The Hall–Kier alpha value is -1.51. The summed E-state index contributed by atoms with van der Waals surface area (Å²) in [5.74, 6) is 0.884. The van der Waals surface area contributed by atoms with Gasteiger partial charge in [0, 0.05) is 18.3 Å². The van der Waals surface area contributed by atoms with Crippen molar-refractivity contribution < 1.29 is 4.79 Å². The monoisotopic (exact) mass is 274 g/mol. The summed E-state index contributed by atoms with van der Waals surface area (Å²) in [7, 11) is 0. The highest BCUT2D eigenvalue weighted by atomic mass is 16.2. The fraction of sp³-hybridized carbons (Fsp3) is 0.588. The molecule has 0 aliphatic carbocycles. The zero-order valence-electron chi connectivity index (χ0n) is 13.1. The van der Waals surface area contributed by atoms with Crippen LogP contribution in [-0.4, -0.2) is 29.9 Å². The molecule has 1 aliphatic heterocycles. The first-order valence-electron chi connectivity index (χ1n) is 7.64. The lowest BCUT2D eigenvalue weighted by atomic mass is 9.99. The van der Waals surface area contributed by atoms with Crippen LogP contribution in [0.15, 0.2) is 18.2 Å². The van der Waals surface area contributed by atoms with Gasteiger partial charge in [-0.1, -0.05) is 31.5 Å². The molecule has 1 aromatic carbocycles. The highest BCUT2D eigenvalue weighted by Gasteiger charge is 2.32. The van der Waals surface area contributed by atoms with Gasteiger partial charge in [0.05, 0.1) is 6.54 Å². The van der Waals surface area contributed by atoms with Crippen LogP contribution < -0.4 is 5.32 Å². The summed E-state index contributed by atoms with van der Waals surface area (Å²) < 4.78 is 0. The molecule has 20 heavy (non-hydrogen) atoms. The lowest BCUT2D eigenvalue weighted by molar-refractivity contribution is -0.130. The Labute approximate surface area is 122 Å². The summed E-state index contributed by atoms with van der Waals surface area (Å²) in [4.78, 5) is 14.4. The summed E-state index contributed by atoms with van der Waals surface area (Å²) in [6, 6.07) is 6.58. The third kappa shape index (κ3) is 2.97. The van der Waals surface area contributed by atoms with Gasteiger partial charge >= 0.3 is 0 Å². The number of amides is 1. The molecule has 0 aromatic heterocycles. The lowest BCUT2D eigenvalue weighted by Crippen LogP contribution is -2.39. The predicted octanol–water partition coefficient (Wildman–Crippen LogP) is 3.36. The van der Waals surface area contributed by atoms with Crippen LogP contribution in [0.4, 0.5) is 5.69 Å². The number of hydrogen-bond donors (Lipinski definition) is 1. The van der Waals surface area contributed by atoms with Gasteiger partial charge in [-0.25, -0.2) is 0 Å². The van der Waals surface area contributed by atoms with Crippen molar-refractivity contribution in [2.75, 3.05) is 18.4 Å². The Kier molecular flexibility index (Phi) is 4.69. The summed E-state index contributed by atoms with van der Waals surface area (Å²) in [6.07, 6.45) is 2.31. The maximum atomic E-state index is 12.4. The van der Waals surface area contributed by atoms with E-state index in [4.69, 9.17) is 0 Å². The molecule has 2 unspecified atom stereocenters. The van der Waals surface area contributed by atoms with Crippen LogP contribution >= 0.6 is 0 Å².